The van der Waals surface area contributed by atoms with Gasteiger partial charge in [-0.25, -0.2) is 4.68 Å². The standard InChI is InChI=1S/C14H29N7O2S/c1-5-19(4)24(22,23)16-14-10-20(9-13(14)12(2)3)7-6-8-21-11-15-17-18-21/h11-14,16H,5-10H2,1-4H3/t13-,14+/m0/s1. The molecule has 1 aromatic rings. The molecule has 0 spiro atoms. The topological polar surface area (TPSA) is 96.2 Å². The lowest BCUT2D eigenvalue weighted by Gasteiger charge is -2.25. The molecule has 2 atom stereocenters. The first-order chi connectivity index (χ1) is 11.3. The first-order valence-corrected chi connectivity index (χ1v) is 9.94. The maximum absolute atomic E-state index is 12.3. The van der Waals surface area contributed by atoms with Gasteiger partial charge in [-0.15, -0.1) is 5.10 Å². The summed E-state index contributed by atoms with van der Waals surface area (Å²) in [5.74, 6) is 0.743. The van der Waals surface area contributed by atoms with E-state index in [-0.39, 0.29) is 6.04 Å². The fourth-order valence-electron chi connectivity index (χ4n) is 3.09. The summed E-state index contributed by atoms with van der Waals surface area (Å²) in [7, 11) is -1.81. The van der Waals surface area contributed by atoms with Crippen LogP contribution in [0.4, 0.5) is 0 Å². The normalized spacial score (nSPS) is 22.8. The molecule has 0 radical (unpaired) electrons. The van der Waals surface area contributed by atoms with Crippen molar-refractivity contribution in [2.24, 2.45) is 11.8 Å². The first kappa shape index (κ1) is 19.2. The lowest BCUT2D eigenvalue weighted by Crippen LogP contribution is -2.47. The Morgan fingerprint density at radius 3 is 2.67 bits per heavy atom. The minimum absolute atomic E-state index is 0.0444. The molecule has 9 nitrogen and oxygen atoms in total. The molecule has 0 aliphatic carbocycles. The Bertz CT molecular complexity index is 590. The maximum atomic E-state index is 12.3. The van der Waals surface area contributed by atoms with E-state index < -0.39 is 10.2 Å². The molecule has 10 heteroatoms. The molecule has 1 fully saturated rings. The van der Waals surface area contributed by atoms with Gasteiger partial charge in [-0.3, -0.25) is 0 Å². The number of rotatable bonds is 9. The van der Waals surface area contributed by atoms with Crippen LogP contribution >= 0.6 is 0 Å². The zero-order chi connectivity index (χ0) is 17.7. The van der Waals surface area contributed by atoms with Gasteiger partial charge in [-0.05, 0) is 35.2 Å². The van der Waals surface area contributed by atoms with Gasteiger partial charge in [0, 0.05) is 39.3 Å². The van der Waals surface area contributed by atoms with Crippen LogP contribution in [0.25, 0.3) is 0 Å². The van der Waals surface area contributed by atoms with E-state index in [2.05, 4.69) is 39.0 Å². The number of hydrogen-bond acceptors (Lipinski definition) is 6. The second-order valence-corrected chi connectivity index (χ2v) is 8.55. The summed E-state index contributed by atoms with van der Waals surface area (Å²) >= 11 is 0. The highest BCUT2D eigenvalue weighted by molar-refractivity contribution is 7.87. The zero-order valence-corrected chi connectivity index (χ0v) is 15.8. The van der Waals surface area contributed by atoms with Crippen LogP contribution in [0.2, 0.25) is 0 Å². The van der Waals surface area contributed by atoms with Crippen molar-refractivity contribution in [2.45, 2.75) is 39.8 Å². The van der Waals surface area contributed by atoms with Crippen LogP contribution in [0.5, 0.6) is 0 Å². The molecular formula is C14H29N7O2S. The van der Waals surface area contributed by atoms with Gasteiger partial charge in [-0.2, -0.15) is 17.4 Å². The van der Waals surface area contributed by atoms with Crippen LogP contribution in [-0.2, 0) is 16.8 Å². The molecule has 2 heterocycles. The van der Waals surface area contributed by atoms with Crippen molar-refractivity contribution >= 4 is 10.2 Å². The van der Waals surface area contributed by atoms with Crippen molar-refractivity contribution < 1.29 is 8.42 Å². The average molecular weight is 360 g/mol. The van der Waals surface area contributed by atoms with Gasteiger partial charge in [0.2, 0.25) is 0 Å². The van der Waals surface area contributed by atoms with E-state index in [1.807, 2.05) is 6.92 Å². The molecule has 1 saturated heterocycles. The predicted octanol–water partition coefficient (Wildman–Crippen LogP) is -0.194. The highest BCUT2D eigenvalue weighted by Crippen LogP contribution is 2.25. The molecule has 1 aromatic heterocycles. The number of nitrogens with one attached hydrogen (secondary N) is 1. The Hall–Kier alpha value is -1.10. The molecule has 1 aliphatic heterocycles. The van der Waals surface area contributed by atoms with Gasteiger partial charge in [0.15, 0.2) is 0 Å². The summed E-state index contributed by atoms with van der Waals surface area (Å²) in [6.45, 7) is 9.94. The quantitative estimate of drug-likeness (QED) is 0.656. The number of tetrazole rings is 1. The Balaban J connectivity index is 1.90. The highest BCUT2D eigenvalue weighted by atomic mass is 32.2. The summed E-state index contributed by atoms with van der Waals surface area (Å²) in [5, 5.41) is 11.1. The van der Waals surface area contributed by atoms with Gasteiger partial charge in [-0.1, -0.05) is 20.8 Å². The molecule has 0 bridgehead atoms. The zero-order valence-electron chi connectivity index (χ0n) is 15.0. The van der Waals surface area contributed by atoms with Crippen molar-refractivity contribution in [3.63, 3.8) is 0 Å². The van der Waals surface area contributed by atoms with E-state index in [1.54, 1.807) is 18.1 Å². The third-order valence-electron chi connectivity index (χ3n) is 4.71. The molecule has 0 unspecified atom stereocenters. The Labute approximate surface area is 144 Å². The summed E-state index contributed by atoms with van der Waals surface area (Å²) < 4.78 is 30.6. The fraction of sp³-hybridized carbons (Fsp3) is 0.929. The molecule has 2 rings (SSSR count). The number of nitrogens with zero attached hydrogens (tertiary/aromatic N) is 6. The molecule has 24 heavy (non-hydrogen) atoms. The third kappa shape index (κ3) is 4.95. The number of hydrogen-bond donors (Lipinski definition) is 1. The second-order valence-electron chi connectivity index (χ2n) is 6.74. The van der Waals surface area contributed by atoms with Crippen molar-refractivity contribution in [3.05, 3.63) is 6.33 Å². The lowest BCUT2D eigenvalue weighted by atomic mass is 9.92. The van der Waals surface area contributed by atoms with E-state index in [9.17, 15) is 8.42 Å². The lowest BCUT2D eigenvalue weighted by molar-refractivity contribution is 0.291. The van der Waals surface area contributed by atoms with Crippen LogP contribution in [-0.4, -0.2) is 77.1 Å². The minimum atomic E-state index is -3.41. The molecule has 138 valence electrons. The molecule has 0 aromatic carbocycles. The van der Waals surface area contributed by atoms with Gasteiger partial charge >= 0.3 is 0 Å². The Morgan fingerprint density at radius 2 is 2.08 bits per heavy atom. The maximum Gasteiger partial charge on any atom is 0.279 e. The van der Waals surface area contributed by atoms with Crippen molar-refractivity contribution in [3.8, 4) is 0 Å². The van der Waals surface area contributed by atoms with E-state index in [1.165, 1.54) is 4.31 Å². The number of aromatic nitrogens is 4. The molecule has 0 amide bonds. The monoisotopic (exact) mass is 359 g/mol. The van der Waals surface area contributed by atoms with Crippen molar-refractivity contribution in [1.82, 2.24) is 34.1 Å². The largest absolute Gasteiger partial charge is 0.301 e. The third-order valence-corrected chi connectivity index (χ3v) is 6.39. The summed E-state index contributed by atoms with van der Waals surface area (Å²) in [6, 6.07) is -0.0444. The molecule has 1 aliphatic rings. The van der Waals surface area contributed by atoms with E-state index in [0.717, 1.165) is 32.6 Å². The SMILES string of the molecule is CCN(C)S(=O)(=O)N[C@@H]1CN(CCCn2cnnn2)C[C@H]1C(C)C. The van der Waals surface area contributed by atoms with Gasteiger partial charge < -0.3 is 4.90 Å². The van der Waals surface area contributed by atoms with Crippen molar-refractivity contribution in [1.29, 1.82) is 0 Å². The van der Waals surface area contributed by atoms with Gasteiger partial charge in [0.05, 0.1) is 0 Å². The van der Waals surface area contributed by atoms with Crippen LogP contribution in [0.1, 0.15) is 27.2 Å². The molecule has 0 saturated carbocycles. The predicted molar refractivity (Wildman–Crippen MR) is 91.3 cm³/mol. The van der Waals surface area contributed by atoms with Crippen LogP contribution in [0, 0.1) is 11.8 Å². The highest BCUT2D eigenvalue weighted by Gasteiger charge is 2.37. The Kier molecular flexibility index (Phi) is 6.67. The summed E-state index contributed by atoms with van der Waals surface area (Å²) in [4.78, 5) is 2.33. The number of aryl methyl sites for hydroxylation is 1. The number of likely N-dealkylation sites (tertiary alicyclic amines) is 1. The van der Waals surface area contributed by atoms with E-state index >= 15 is 0 Å². The summed E-state index contributed by atoms with van der Waals surface area (Å²) in [5.41, 5.74) is 0. The van der Waals surface area contributed by atoms with Crippen LogP contribution in [0.3, 0.4) is 0 Å². The molecule has 1 N–H and O–H groups in total. The van der Waals surface area contributed by atoms with E-state index in [0.29, 0.717) is 18.4 Å². The van der Waals surface area contributed by atoms with Gasteiger partial charge in [0.25, 0.3) is 10.2 Å². The van der Waals surface area contributed by atoms with E-state index in [4.69, 9.17) is 0 Å². The average Bonchev–Trinajstić information content (AvgIpc) is 3.16. The Morgan fingerprint density at radius 1 is 1.33 bits per heavy atom. The smallest absolute Gasteiger partial charge is 0.279 e. The molecular weight excluding hydrogens is 330 g/mol. The minimum Gasteiger partial charge on any atom is -0.301 e. The summed E-state index contributed by atoms with van der Waals surface area (Å²) in [6.07, 6.45) is 2.54. The van der Waals surface area contributed by atoms with Crippen LogP contribution in [0.15, 0.2) is 6.33 Å². The fourth-order valence-corrected chi connectivity index (χ4v) is 4.24. The van der Waals surface area contributed by atoms with Crippen LogP contribution < -0.4 is 4.72 Å². The first-order valence-electron chi connectivity index (χ1n) is 8.50. The van der Waals surface area contributed by atoms with Crippen molar-refractivity contribution in [2.75, 3.05) is 33.2 Å². The van der Waals surface area contributed by atoms with Gasteiger partial charge in [0.1, 0.15) is 6.33 Å². The second kappa shape index (κ2) is 8.32.